The van der Waals surface area contributed by atoms with Gasteiger partial charge in [0.05, 0.1) is 18.5 Å². The first-order valence-electron chi connectivity index (χ1n) is 10.1. The fraction of sp³-hybridized carbons (Fsp3) is 0.348. The lowest BCUT2D eigenvalue weighted by atomic mass is 9.81. The van der Waals surface area contributed by atoms with Gasteiger partial charge < -0.3 is 9.47 Å². The number of anilines is 1. The molecule has 1 spiro atoms. The van der Waals surface area contributed by atoms with E-state index in [2.05, 4.69) is 33.1 Å². The molecular weight excluding hydrogens is 362 g/mol. The van der Waals surface area contributed by atoms with E-state index >= 15 is 0 Å². The molecule has 2 aromatic heterocycles. The first-order chi connectivity index (χ1) is 14.1. The molecule has 1 unspecified atom stereocenters. The van der Waals surface area contributed by atoms with Crippen molar-refractivity contribution in [1.82, 2.24) is 19.4 Å². The van der Waals surface area contributed by atoms with E-state index < -0.39 is 5.41 Å². The molecule has 5 rings (SSSR count). The second-order valence-corrected chi connectivity index (χ2v) is 8.15. The van der Waals surface area contributed by atoms with Gasteiger partial charge in [0.25, 0.3) is 0 Å². The summed E-state index contributed by atoms with van der Waals surface area (Å²) < 4.78 is 2.05. The van der Waals surface area contributed by atoms with E-state index in [0.29, 0.717) is 6.54 Å². The highest BCUT2D eigenvalue weighted by Crippen LogP contribution is 2.48. The van der Waals surface area contributed by atoms with Gasteiger partial charge in [-0.25, -0.2) is 4.98 Å². The average Bonchev–Trinajstić information content (AvgIpc) is 3.39. The van der Waals surface area contributed by atoms with Crippen molar-refractivity contribution in [3.63, 3.8) is 0 Å². The Morgan fingerprint density at radius 1 is 1.07 bits per heavy atom. The molecule has 0 N–H and O–H groups in total. The lowest BCUT2D eigenvalue weighted by molar-refractivity contribution is -0.123. The van der Waals surface area contributed by atoms with E-state index in [1.165, 1.54) is 0 Å². The summed E-state index contributed by atoms with van der Waals surface area (Å²) in [5, 5.41) is 0. The van der Waals surface area contributed by atoms with Crippen molar-refractivity contribution in [2.45, 2.75) is 31.8 Å². The number of carbonyl (C=O) groups excluding carboxylic acids is 1. The predicted octanol–water partition coefficient (Wildman–Crippen LogP) is 2.81. The van der Waals surface area contributed by atoms with Crippen LogP contribution in [0.5, 0.6) is 0 Å². The smallest absolute Gasteiger partial charge is 0.239 e. The van der Waals surface area contributed by atoms with Crippen LogP contribution in [0.1, 0.15) is 29.1 Å². The Hall–Kier alpha value is -2.99. The largest absolute Gasteiger partial charge is 0.337 e. The first-order valence-corrected chi connectivity index (χ1v) is 10.1. The summed E-state index contributed by atoms with van der Waals surface area (Å²) >= 11 is 0. The first kappa shape index (κ1) is 18.1. The van der Waals surface area contributed by atoms with Gasteiger partial charge in [-0.15, -0.1) is 0 Å². The van der Waals surface area contributed by atoms with Crippen LogP contribution in [0.4, 0.5) is 5.69 Å². The van der Waals surface area contributed by atoms with Crippen LogP contribution in [0.25, 0.3) is 0 Å². The molecule has 2 aliphatic heterocycles. The molecule has 2 aliphatic rings. The normalized spacial score (nSPS) is 21.3. The molecule has 6 heteroatoms. The minimum absolute atomic E-state index is 0.212. The number of benzene rings is 1. The molecule has 29 heavy (non-hydrogen) atoms. The van der Waals surface area contributed by atoms with Crippen LogP contribution in [0, 0.1) is 6.92 Å². The number of likely N-dealkylation sites (tertiary alicyclic amines) is 1. The molecule has 3 aromatic rings. The zero-order valence-corrected chi connectivity index (χ0v) is 16.9. The molecule has 1 atom stereocenters. The average molecular weight is 387 g/mol. The summed E-state index contributed by atoms with van der Waals surface area (Å²) in [5.41, 5.74) is 3.81. The van der Waals surface area contributed by atoms with Crippen molar-refractivity contribution in [2.24, 2.45) is 7.05 Å². The van der Waals surface area contributed by atoms with Crippen LogP contribution in [0.15, 0.2) is 55.0 Å². The molecule has 6 nitrogen and oxygen atoms in total. The number of hydrogen-bond acceptors (Lipinski definition) is 4. The molecule has 1 amide bonds. The van der Waals surface area contributed by atoms with Crippen LogP contribution in [0.2, 0.25) is 0 Å². The van der Waals surface area contributed by atoms with Gasteiger partial charge in [-0.3, -0.25) is 14.7 Å². The van der Waals surface area contributed by atoms with Gasteiger partial charge in [-0.05, 0) is 36.6 Å². The van der Waals surface area contributed by atoms with E-state index in [-0.39, 0.29) is 5.91 Å². The highest BCUT2D eigenvalue weighted by atomic mass is 16.2. The minimum atomic E-state index is -0.460. The monoisotopic (exact) mass is 387 g/mol. The van der Waals surface area contributed by atoms with Crippen LogP contribution in [-0.4, -0.2) is 38.4 Å². The molecular formula is C23H25N5O. The van der Waals surface area contributed by atoms with Gasteiger partial charge in [-0.1, -0.05) is 24.3 Å². The Labute approximate surface area is 170 Å². The van der Waals surface area contributed by atoms with Crippen LogP contribution in [0.3, 0.4) is 0 Å². The summed E-state index contributed by atoms with van der Waals surface area (Å²) in [6, 6.07) is 12.3. The lowest BCUT2D eigenvalue weighted by Crippen LogP contribution is -2.42. The summed E-state index contributed by atoms with van der Waals surface area (Å²) in [6.07, 6.45) is 6.44. The topological polar surface area (TPSA) is 54.3 Å². The maximum Gasteiger partial charge on any atom is 0.239 e. The summed E-state index contributed by atoms with van der Waals surface area (Å²) in [5.74, 6) is 1.24. The molecule has 1 saturated heterocycles. The minimum Gasteiger partial charge on any atom is -0.337 e. The van der Waals surface area contributed by atoms with Crippen molar-refractivity contribution in [2.75, 3.05) is 18.0 Å². The molecule has 4 heterocycles. The van der Waals surface area contributed by atoms with Crippen molar-refractivity contribution in [3.8, 4) is 0 Å². The number of aryl methyl sites for hydroxylation is 2. The number of pyridine rings is 1. The van der Waals surface area contributed by atoms with Crippen LogP contribution in [-0.2, 0) is 30.3 Å². The van der Waals surface area contributed by atoms with E-state index in [9.17, 15) is 4.79 Å². The van der Waals surface area contributed by atoms with Gasteiger partial charge in [0.15, 0.2) is 0 Å². The SMILES string of the molecule is Cc1ncccc1CN1C(=O)C2(CCN(Cc3nccn3C)C2)c2ccccc21. The maximum absolute atomic E-state index is 13.8. The Balaban J connectivity index is 1.46. The maximum atomic E-state index is 13.8. The third-order valence-corrected chi connectivity index (χ3v) is 6.44. The highest BCUT2D eigenvalue weighted by molar-refractivity contribution is 6.08. The molecule has 0 aliphatic carbocycles. The fourth-order valence-corrected chi connectivity index (χ4v) is 4.78. The van der Waals surface area contributed by atoms with Crippen molar-refractivity contribution in [1.29, 1.82) is 0 Å². The molecule has 1 aromatic carbocycles. The third kappa shape index (κ3) is 2.86. The fourth-order valence-electron chi connectivity index (χ4n) is 4.78. The van der Waals surface area contributed by atoms with E-state index in [1.807, 2.05) is 54.0 Å². The number of para-hydroxylation sites is 1. The number of nitrogens with zero attached hydrogens (tertiary/aromatic N) is 5. The number of carbonyl (C=O) groups is 1. The van der Waals surface area contributed by atoms with Crippen molar-refractivity contribution < 1.29 is 4.79 Å². The second-order valence-electron chi connectivity index (χ2n) is 8.15. The Kier molecular flexibility index (Phi) is 4.24. The molecule has 148 valence electrons. The number of rotatable bonds is 4. The zero-order chi connectivity index (χ0) is 20.0. The predicted molar refractivity (Wildman–Crippen MR) is 111 cm³/mol. The Bertz CT molecular complexity index is 1070. The number of imidazole rings is 1. The number of hydrogen-bond donors (Lipinski definition) is 0. The molecule has 0 saturated carbocycles. The van der Waals surface area contributed by atoms with Gasteiger partial charge in [0.2, 0.25) is 5.91 Å². The number of fused-ring (bicyclic) bond motifs is 2. The summed E-state index contributed by atoms with van der Waals surface area (Å²) in [6.45, 7) is 4.96. The number of aromatic nitrogens is 3. The van der Waals surface area contributed by atoms with E-state index in [0.717, 1.165) is 54.4 Å². The van der Waals surface area contributed by atoms with Gasteiger partial charge >= 0.3 is 0 Å². The van der Waals surface area contributed by atoms with Crippen molar-refractivity contribution in [3.05, 3.63) is 77.6 Å². The van der Waals surface area contributed by atoms with Crippen molar-refractivity contribution >= 4 is 11.6 Å². The van der Waals surface area contributed by atoms with Gasteiger partial charge in [0.1, 0.15) is 5.82 Å². The quantitative estimate of drug-likeness (QED) is 0.691. The highest BCUT2D eigenvalue weighted by Gasteiger charge is 2.54. The molecule has 1 fully saturated rings. The zero-order valence-electron chi connectivity index (χ0n) is 16.9. The second kappa shape index (κ2) is 6.81. The van der Waals surface area contributed by atoms with Gasteiger partial charge in [0, 0.05) is 50.1 Å². The Morgan fingerprint density at radius 3 is 2.72 bits per heavy atom. The standard InChI is InChI=1S/C23H25N5O/c1-17-18(6-5-10-24-17)14-28-20-8-4-3-7-19(20)23(22(28)29)9-12-27(16-23)15-21-25-11-13-26(21)2/h3-8,10-11,13H,9,12,14-16H2,1-2H3. The van der Waals surface area contributed by atoms with E-state index in [1.54, 1.807) is 6.20 Å². The van der Waals surface area contributed by atoms with Crippen LogP contribution >= 0.6 is 0 Å². The summed E-state index contributed by atoms with van der Waals surface area (Å²) in [4.78, 5) is 26.9. The van der Waals surface area contributed by atoms with Crippen LogP contribution < -0.4 is 4.90 Å². The number of amides is 1. The lowest BCUT2D eigenvalue weighted by Gasteiger charge is -2.25. The summed E-state index contributed by atoms with van der Waals surface area (Å²) in [7, 11) is 2.02. The van der Waals surface area contributed by atoms with Gasteiger partial charge in [-0.2, -0.15) is 0 Å². The Morgan fingerprint density at radius 2 is 1.93 bits per heavy atom. The molecule has 0 radical (unpaired) electrons. The van der Waals surface area contributed by atoms with E-state index in [4.69, 9.17) is 0 Å². The molecule has 0 bridgehead atoms. The third-order valence-electron chi connectivity index (χ3n) is 6.44.